The van der Waals surface area contributed by atoms with Gasteiger partial charge in [0.15, 0.2) is 0 Å². The molecule has 150 valence electrons. The number of carboxylic acid groups (broad SMARTS) is 1. The van der Waals surface area contributed by atoms with Crippen molar-refractivity contribution in [1.29, 1.82) is 0 Å². The molecule has 27 heavy (non-hydrogen) atoms. The number of likely N-dealkylation sites (N-methyl/N-ethyl adjacent to an activating group) is 1. The predicted molar refractivity (Wildman–Crippen MR) is 115 cm³/mol. The molecule has 0 radical (unpaired) electrons. The summed E-state index contributed by atoms with van der Waals surface area (Å²) < 4.78 is 7.15. The Balaban J connectivity index is 2.49. The van der Waals surface area contributed by atoms with Crippen LogP contribution in [-0.4, -0.2) is 49.3 Å². The number of benzene rings is 1. The third-order valence-electron chi connectivity index (χ3n) is 3.83. The van der Waals surface area contributed by atoms with Gasteiger partial charge in [-0.2, -0.15) is 0 Å². The average molecular weight is 393 g/mol. The number of hydrogen-bond acceptors (Lipinski definition) is 4. The molecule has 0 amide bonds. The molecule has 0 aromatic heterocycles. The van der Waals surface area contributed by atoms with Crippen LogP contribution in [0.15, 0.2) is 24.3 Å². The SMILES string of the molecule is CCCCCCC#Cc1cccc(NSNC(CC(=O)O)C[N+](C)(C)C)c1. The molecule has 1 unspecified atom stereocenters. The highest BCUT2D eigenvalue weighted by molar-refractivity contribution is 7.98. The summed E-state index contributed by atoms with van der Waals surface area (Å²) in [5, 5.41) is 9.09. The Morgan fingerprint density at radius 1 is 1.26 bits per heavy atom. The van der Waals surface area contributed by atoms with Gasteiger partial charge in [0.05, 0.1) is 40.2 Å². The Hall–Kier alpha value is -1.68. The maximum Gasteiger partial charge on any atom is 0.305 e. The van der Waals surface area contributed by atoms with E-state index in [-0.39, 0.29) is 12.5 Å². The van der Waals surface area contributed by atoms with Gasteiger partial charge < -0.3 is 14.3 Å². The van der Waals surface area contributed by atoms with Gasteiger partial charge >= 0.3 is 5.97 Å². The molecule has 0 aliphatic carbocycles. The van der Waals surface area contributed by atoms with Crippen molar-refractivity contribution in [2.24, 2.45) is 0 Å². The lowest BCUT2D eigenvalue weighted by molar-refractivity contribution is -0.871. The molecule has 0 saturated heterocycles. The minimum Gasteiger partial charge on any atom is -0.481 e. The second kappa shape index (κ2) is 12.7. The van der Waals surface area contributed by atoms with Crippen LogP contribution >= 0.6 is 12.1 Å². The number of carboxylic acids is 1. The molecule has 0 bridgehead atoms. The maximum atomic E-state index is 11.1. The van der Waals surface area contributed by atoms with Crippen molar-refractivity contribution in [3.05, 3.63) is 29.8 Å². The number of aliphatic carboxylic acids is 1. The molecule has 0 fully saturated rings. The van der Waals surface area contributed by atoms with Crippen LogP contribution in [0.2, 0.25) is 0 Å². The van der Waals surface area contributed by atoms with Crippen molar-refractivity contribution in [3.63, 3.8) is 0 Å². The quantitative estimate of drug-likeness (QED) is 0.216. The highest BCUT2D eigenvalue weighted by atomic mass is 32.2. The first kappa shape index (κ1) is 23.4. The number of carbonyl (C=O) groups is 1. The summed E-state index contributed by atoms with van der Waals surface area (Å²) in [4.78, 5) is 11.1. The van der Waals surface area contributed by atoms with E-state index in [9.17, 15) is 4.79 Å². The van der Waals surface area contributed by atoms with Crippen molar-refractivity contribution in [2.75, 3.05) is 32.4 Å². The molecule has 1 atom stereocenters. The number of hydrogen-bond donors (Lipinski definition) is 3. The zero-order valence-corrected chi connectivity index (χ0v) is 17.9. The summed E-state index contributed by atoms with van der Waals surface area (Å²) in [6, 6.07) is 7.86. The van der Waals surface area contributed by atoms with Gasteiger partial charge in [-0.3, -0.25) is 4.79 Å². The van der Waals surface area contributed by atoms with E-state index in [0.29, 0.717) is 4.48 Å². The van der Waals surface area contributed by atoms with Gasteiger partial charge in [0.1, 0.15) is 0 Å². The van der Waals surface area contributed by atoms with E-state index in [4.69, 9.17) is 5.11 Å². The first-order valence-corrected chi connectivity index (χ1v) is 10.4. The van der Waals surface area contributed by atoms with Crippen LogP contribution in [0.1, 0.15) is 51.0 Å². The number of nitrogens with zero attached hydrogens (tertiary/aromatic N) is 1. The highest BCUT2D eigenvalue weighted by Crippen LogP contribution is 2.14. The number of nitrogens with one attached hydrogen (secondary N) is 2. The largest absolute Gasteiger partial charge is 0.481 e. The minimum atomic E-state index is -0.794. The fraction of sp³-hybridized carbons (Fsp3) is 0.571. The number of quaternary nitrogens is 1. The molecule has 0 saturated carbocycles. The van der Waals surface area contributed by atoms with E-state index in [2.05, 4.69) is 49.4 Å². The van der Waals surface area contributed by atoms with Gasteiger partial charge in [-0.1, -0.05) is 44.1 Å². The lowest BCUT2D eigenvalue weighted by atomic mass is 10.1. The molecular formula is C21H34N3O2S+. The molecular weight excluding hydrogens is 358 g/mol. The third-order valence-corrected chi connectivity index (χ3v) is 4.62. The summed E-state index contributed by atoms with van der Waals surface area (Å²) in [6.07, 6.45) is 5.97. The standard InChI is InChI=1S/C21H33N3O2S/c1-5-6-7-8-9-10-12-18-13-11-14-19(15-18)22-27-23-20(16-21(25)26)17-24(2,3)4/h11,13-15,20,22-23H,5-9,16-17H2,1-4H3/p+1. The molecule has 0 aliphatic rings. The Morgan fingerprint density at radius 3 is 2.70 bits per heavy atom. The fourth-order valence-electron chi connectivity index (χ4n) is 2.65. The predicted octanol–water partition coefficient (Wildman–Crippen LogP) is 4.12. The van der Waals surface area contributed by atoms with Crippen LogP contribution in [-0.2, 0) is 4.79 Å². The summed E-state index contributed by atoms with van der Waals surface area (Å²) >= 11 is 1.32. The van der Waals surface area contributed by atoms with Crippen LogP contribution in [0.5, 0.6) is 0 Å². The van der Waals surface area contributed by atoms with E-state index in [1.165, 1.54) is 31.4 Å². The molecule has 0 spiro atoms. The normalized spacial score (nSPS) is 12.1. The third kappa shape index (κ3) is 12.4. The van der Waals surface area contributed by atoms with Crippen molar-refractivity contribution >= 4 is 23.8 Å². The Kier molecular flexibility index (Phi) is 11.0. The minimum absolute atomic E-state index is 0.0910. The van der Waals surface area contributed by atoms with Gasteiger partial charge in [0.25, 0.3) is 0 Å². The molecule has 1 aromatic carbocycles. The lowest BCUT2D eigenvalue weighted by Gasteiger charge is -2.28. The molecule has 0 heterocycles. The van der Waals surface area contributed by atoms with Gasteiger partial charge in [-0.05, 0) is 24.6 Å². The van der Waals surface area contributed by atoms with Crippen LogP contribution in [0.3, 0.4) is 0 Å². The Morgan fingerprint density at radius 2 is 2.04 bits per heavy atom. The smallest absolute Gasteiger partial charge is 0.305 e. The fourth-order valence-corrected chi connectivity index (χ4v) is 3.28. The van der Waals surface area contributed by atoms with E-state index in [1.807, 2.05) is 24.3 Å². The monoisotopic (exact) mass is 392 g/mol. The number of anilines is 1. The summed E-state index contributed by atoms with van der Waals surface area (Å²) in [5.41, 5.74) is 1.94. The molecule has 3 N–H and O–H groups in total. The number of rotatable bonds is 12. The van der Waals surface area contributed by atoms with Crippen molar-refractivity contribution < 1.29 is 14.4 Å². The number of unbranched alkanes of at least 4 members (excludes halogenated alkanes) is 4. The molecule has 1 aromatic rings. The van der Waals surface area contributed by atoms with Crippen molar-refractivity contribution in [3.8, 4) is 11.8 Å². The van der Waals surface area contributed by atoms with E-state index in [0.717, 1.165) is 30.6 Å². The van der Waals surface area contributed by atoms with Crippen LogP contribution in [0, 0.1) is 11.8 Å². The average Bonchev–Trinajstić information content (AvgIpc) is 2.56. The Labute approximate surface area is 168 Å². The van der Waals surface area contributed by atoms with Crippen LogP contribution < -0.4 is 9.44 Å². The second-order valence-electron chi connectivity index (χ2n) is 7.78. The summed E-state index contributed by atoms with van der Waals surface area (Å²) in [7, 11) is 6.16. The Bertz CT molecular complexity index is 632. The van der Waals surface area contributed by atoms with Gasteiger partial charge in [-0.15, -0.1) is 0 Å². The molecule has 1 rings (SSSR count). The van der Waals surface area contributed by atoms with E-state index in [1.54, 1.807) is 0 Å². The first-order valence-electron chi connectivity index (χ1n) is 9.58. The van der Waals surface area contributed by atoms with Crippen LogP contribution in [0.25, 0.3) is 0 Å². The van der Waals surface area contributed by atoms with E-state index < -0.39 is 5.97 Å². The maximum absolute atomic E-state index is 11.1. The molecule has 5 nitrogen and oxygen atoms in total. The van der Waals surface area contributed by atoms with Gasteiger partial charge in [0.2, 0.25) is 0 Å². The summed E-state index contributed by atoms with van der Waals surface area (Å²) in [6.45, 7) is 2.94. The van der Waals surface area contributed by atoms with E-state index >= 15 is 0 Å². The van der Waals surface area contributed by atoms with Gasteiger partial charge in [0, 0.05) is 29.8 Å². The zero-order valence-electron chi connectivity index (χ0n) is 17.0. The van der Waals surface area contributed by atoms with Crippen molar-refractivity contribution in [1.82, 2.24) is 4.72 Å². The lowest BCUT2D eigenvalue weighted by Crippen LogP contribution is -2.46. The van der Waals surface area contributed by atoms with Gasteiger partial charge in [-0.25, -0.2) is 4.72 Å². The van der Waals surface area contributed by atoms with Crippen LogP contribution in [0.4, 0.5) is 5.69 Å². The first-order chi connectivity index (χ1) is 12.8. The second-order valence-corrected chi connectivity index (χ2v) is 8.43. The zero-order chi connectivity index (χ0) is 20.1. The summed E-state index contributed by atoms with van der Waals surface area (Å²) in [5.74, 6) is 5.67. The topological polar surface area (TPSA) is 61.4 Å². The van der Waals surface area contributed by atoms with Crippen molar-refractivity contribution in [2.45, 2.75) is 51.5 Å². The molecule has 6 heteroatoms. The molecule has 0 aliphatic heterocycles. The highest BCUT2D eigenvalue weighted by Gasteiger charge is 2.20.